The summed E-state index contributed by atoms with van der Waals surface area (Å²) >= 11 is 0. The molecule has 0 bridgehead atoms. The fourth-order valence-corrected chi connectivity index (χ4v) is 10.5. The highest BCUT2D eigenvalue weighted by atomic mass is 16.7. The lowest BCUT2D eigenvalue weighted by Crippen LogP contribution is -2.70. The average molecular weight is 909 g/mol. The van der Waals surface area contributed by atoms with Crippen LogP contribution in [0.15, 0.2) is 120 Å². The van der Waals surface area contributed by atoms with Crippen molar-refractivity contribution in [3.05, 3.63) is 143 Å². The minimum Gasteiger partial charge on any atom is -0.492 e. The molecule has 2 N–H and O–H groups in total. The first-order chi connectivity index (χ1) is 32.9. The van der Waals surface area contributed by atoms with E-state index < -0.39 is 17.7 Å². The van der Waals surface area contributed by atoms with Gasteiger partial charge in [0.2, 0.25) is 12.6 Å². The summed E-state index contributed by atoms with van der Waals surface area (Å²) in [7, 11) is 0. The molecule has 9 rings (SSSR count). The van der Waals surface area contributed by atoms with Crippen LogP contribution >= 0.6 is 0 Å². The normalized spacial score (nSPS) is 23.8. The van der Waals surface area contributed by atoms with Gasteiger partial charge in [-0.1, -0.05) is 66.5 Å². The average Bonchev–Trinajstić information content (AvgIpc) is 4.07. The van der Waals surface area contributed by atoms with Gasteiger partial charge in [0.15, 0.2) is 11.5 Å². The Kier molecular flexibility index (Phi) is 14.5. The summed E-state index contributed by atoms with van der Waals surface area (Å²) in [4.78, 5) is 26.0. The van der Waals surface area contributed by atoms with E-state index in [0.717, 1.165) is 73.3 Å². The molecule has 13 nitrogen and oxygen atoms in total. The van der Waals surface area contributed by atoms with Crippen molar-refractivity contribution in [3.63, 3.8) is 0 Å². The minimum absolute atomic E-state index is 0.0444. The number of nitriles is 1. The predicted molar refractivity (Wildman–Crippen MR) is 252 cm³/mol. The van der Waals surface area contributed by atoms with Gasteiger partial charge in [0, 0.05) is 62.9 Å². The van der Waals surface area contributed by atoms with Crippen molar-refractivity contribution >= 4 is 11.6 Å². The van der Waals surface area contributed by atoms with Crippen LogP contribution in [0.5, 0.6) is 23.0 Å². The maximum Gasteiger partial charge on any atom is 0.254 e. The number of aliphatic hydroxyl groups is 2. The smallest absolute Gasteiger partial charge is 0.254 e. The van der Waals surface area contributed by atoms with Crippen molar-refractivity contribution in [1.82, 2.24) is 9.80 Å². The van der Waals surface area contributed by atoms with Crippen molar-refractivity contribution < 1.29 is 43.5 Å². The Labute approximate surface area is 392 Å². The van der Waals surface area contributed by atoms with Gasteiger partial charge in [0.05, 0.1) is 29.9 Å². The van der Waals surface area contributed by atoms with E-state index in [0.29, 0.717) is 53.5 Å². The molecule has 2 aliphatic carbocycles. The number of carbonyl (C=O) groups excluding carboxylic acids is 1. The summed E-state index contributed by atoms with van der Waals surface area (Å²) in [6.07, 6.45) is 8.85. The van der Waals surface area contributed by atoms with Crippen molar-refractivity contribution in [1.29, 1.82) is 5.26 Å². The third-order valence-electron chi connectivity index (χ3n) is 13.8. The molecule has 350 valence electrons. The Hall–Kier alpha value is -6.17. The molecule has 0 unspecified atom stereocenters. The highest BCUT2D eigenvalue weighted by Gasteiger charge is 2.65. The lowest BCUT2D eigenvalue weighted by molar-refractivity contribution is -0.255. The second-order valence-electron chi connectivity index (χ2n) is 18.0. The van der Waals surface area contributed by atoms with E-state index in [1.165, 1.54) is 0 Å². The number of hydrogen-bond acceptors (Lipinski definition) is 12. The number of carbonyl (C=O) groups is 1. The van der Waals surface area contributed by atoms with Gasteiger partial charge in [0.1, 0.15) is 30.8 Å². The molecule has 3 heterocycles. The molecule has 6 atom stereocenters. The largest absolute Gasteiger partial charge is 0.492 e. The first-order valence-electron chi connectivity index (χ1n) is 23.7. The van der Waals surface area contributed by atoms with Gasteiger partial charge in [-0.2, -0.15) is 5.26 Å². The molecule has 13 heteroatoms. The minimum atomic E-state index is -1.48. The standard InChI is InChI=1S/C54H60N4O9/c1-2-27-65-54-50(58(53(61)40-17-14-37(33-55)15-18-40)34-39-16-20-48-49(29-39)64-36-63-48)32-46(56-66-35-38-10-4-3-5-11-38)44-30-41(12-6-8-25-59)43(13-7-9-26-60)51(52(44)54)45-31-42(19-21-47(45)67-54)62-28-24-57-22-23-57/h2-5,10-11,14-21,29-31,41,43,50-52,59-60H,1,6-9,12-13,22-28,32,34-36H2/t41-,43+,50-,51+,52+,54+/m0/s1. The number of nitrogens with zero attached hydrogens (tertiary/aromatic N) is 4. The molecule has 67 heavy (non-hydrogen) atoms. The second-order valence-corrected chi connectivity index (χ2v) is 18.0. The fourth-order valence-electron chi connectivity index (χ4n) is 10.5. The SMILES string of the molecule is C=CCO[C@@]12Oc3ccc(OCCN4CC4)cc3[C@H]3[C@H](CCCCO)[C@@H](CCCCO)C=C(C(=NOCc4ccccc4)C[C@@H]1N(Cc1ccc4c(c1)OCO4)C(=O)c1ccc(C#N)cc1)[C@H]32. The van der Waals surface area contributed by atoms with Crippen molar-refractivity contribution in [3.8, 4) is 29.1 Å². The van der Waals surface area contributed by atoms with Gasteiger partial charge < -0.3 is 43.6 Å². The Balaban J connectivity index is 1.24. The van der Waals surface area contributed by atoms with Crippen LogP contribution in [0.2, 0.25) is 0 Å². The summed E-state index contributed by atoms with van der Waals surface area (Å²) in [5.74, 6) is 0.222. The number of amides is 1. The topological polar surface area (TPSA) is 155 Å². The van der Waals surface area contributed by atoms with Gasteiger partial charge in [-0.05, 0) is 109 Å². The maximum atomic E-state index is 15.5. The van der Waals surface area contributed by atoms with E-state index in [9.17, 15) is 15.5 Å². The molecule has 4 aromatic rings. The molecule has 4 aromatic carbocycles. The highest BCUT2D eigenvalue weighted by molar-refractivity contribution is 6.03. The van der Waals surface area contributed by atoms with Crippen LogP contribution in [0.25, 0.3) is 0 Å². The van der Waals surface area contributed by atoms with Crippen LogP contribution in [0.1, 0.15) is 83.5 Å². The Morgan fingerprint density at radius 2 is 1.70 bits per heavy atom. The molecule has 1 saturated carbocycles. The van der Waals surface area contributed by atoms with E-state index in [4.69, 9.17) is 33.7 Å². The Morgan fingerprint density at radius 1 is 0.925 bits per heavy atom. The third kappa shape index (κ3) is 10.1. The molecule has 2 fully saturated rings. The molecule has 0 aromatic heterocycles. The van der Waals surface area contributed by atoms with Crippen molar-refractivity contribution in [2.24, 2.45) is 22.9 Å². The van der Waals surface area contributed by atoms with Crippen LogP contribution in [-0.4, -0.2) is 96.3 Å². The van der Waals surface area contributed by atoms with E-state index in [-0.39, 0.29) is 69.8 Å². The van der Waals surface area contributed by atoms with Crippen LogP contribution in [-0.2, 0) is 22.7 Å². The van der Waals surface area contributed by atoms with Gasteiger partial charge in [-0.25, -0.2) is 0 Å². The number of unbranched alkanes of at least 4 members (excludes halogenated alkanes) is 2. The van der Waals surface area contributed by atoms with Gasteiger partial charge in [-0.15, -0.1) is 6.58 Å². The summed E-state index contributed by atoms with van der Waals surface area (Å²) < 4.78 is 32.7. The van der Waals surface area contributed by atoms with E-state index in [1.54, 1.807) is 30.3 Å². The number of aliphatic hydroxyl groups excluding tert-OH is 2. The van der Waals surface area contributed by atoms with E-state index in [2.05, 4.69) is 29.7 Å². The fraction of sp³-hybridized carbons (Fsp3) is 0.426. The molecule has 1 amide bonds. The molecule has 5 aliphatic rings. The predicted octanol–water partition coefficient (Wildman–Crippen LogP) is 8.16. The van der Waals surface area contributed by atoms with Crippen LogP contribution < -0.4 is 18.9 Å². The zero-order valence-corrected chi connectivity index (χ0v) is 38.0. The number of oxime groups is 1. The second kappa shape index (κ2) is 21.2. The monoisotopic (exact) mass is 908 g/mol. The molecule has 3 aliphatic heterocycles. The number of rotatable bonds is 22. The Morgan fingerprint density at radius 3 is 2.46 bits per heavy atom. The maximum absolute atomic E-state index is 15.5. The van der Waals surface area contributed by atoms with Gasteiger partial charge in [0.25, 0.3) is 5.91 Å². The first-order valence-corrected chi connectivity index (χ1v) is 23.7. The quantitative estimate of drug-likeness (QED) is 0.0340. The lowest BCUT2D eigenvalue weighted by atomic mass is 9.55. The van der Waals surface area contributed by atoms with E-state index >= 15 is 4.79 Å². The van der Waals surface area contributed by atoms with Crippen LogP contribution in [0.4, 0.5) is 0 Å². The van der Waals surface area contributed by atoms with Crippen molar-refractivity contribution in [2.45, 2.75) is 75.8 Å². The van der Waals surface area contributed by atoms with Gasteiger partial charge >= 0.3 is 0 Å². The summed E-state index contributed by atoms with van der Waals surface area (Å²) in [6, 6.07) is 29.7. The number of fused-ring (bicyclic) bond motifs is 3. The third-order valence-corrected chi connectivity index (χ3v) is 13.8. The summed E-state index contributed by atoms with van der Waals surface area (Å²) in [6.45, 7) is 8.44. The van der Waals surface area contributed by atoms with Crippen molar-refractivity contribution in [2.75, 3.05) is 52.9 Å². The zero-order chi connectivity index (χ0) is 46.2. The highest BCUT2D eigenvalue weighted by Crippen LogP contribution is 2.62. The number of benzene rings is 4. The molecule has 0 radical (unpaired) electrons. The van der Waals surface area contributed by atoms with Crippen LogP contribution in [0.3, 0.4) is 0 Å². The molecular weight excluding hydrogens is 849 g/mol. The molecule has 1 saturated heterocycles. The number of hydrogen-bond donors (Lipinski definition) is 2. The van der Waals surface area contributed by atoms with Crippen LogP contribution in [0, 0.1) is 29.1 Å². The molecule has 0 spiro atoms. The number of ether oxygens (including phenoxy) is 5. The lowest BCUT2D eigenvalue weighted by Gasteiger charge is -2.60. The van der Waals surface area contributed by atoms with Gasteiger partial charge in [-0.3, -0.25) is 9.69 Å². The molecular formula is C54H60N4O9. The zero-order valence-electron chi connectivity index (χ0n) is 38.0. The summed E-state index contributed by atoms with van der Waals surface area (Å²) in [5.41, 5.74) is 5.22. The number of allylic oxidation sites excluding steroid dienone is 1. The van der Waals surface area contributed by atoms with E-state index in [1.807, 2.05) is 65.6 Å². The first kappa shape index (κ1) is 46.0. The summed E-state index contributed by atoms with van der Waals surface area (Å²) in [5, 5.41) is 34.8. The Bertz CT molecular complexity index is 2470.